The summed E-state index contributed by atoms with van der Waals surface area (Å²) in [6.45, 7) is 4.12. The van der Waals surface area contributed by atoms with Gasteiger partial charge in [-0.25, -0.2) is 4.79 Å². The zero-order valence-electron chi connectivity index (χ0n) is 10.7. The molecule has 2 atom stereocenters. The average Bonchev–Trinajstić information content (AvgIpc) is 2.75. The lowest BCUT2D eigenvalue weighted by molar-refractivity contribution is -0.565. The normalized spacial score (nSPS) is 23.4. The standard InChI is InChI=1S/C13H16BrN2O2/c1-4-8(2)16-12(13(17)18-3)10-7-9(14)5-6-11(10)15-16/h5-8,10H,4H2,1-3H3/q+1/t8-,10?/m1/s1. The number of carbonyl (C=O) groups excluding carboxylic acids is 1. The molecule has 0 bridgehead atoms. The maximum atomic E-state index is 12.0. The van der Waals surface area contributed by atoms with Crippen LogP contribution >= 0.6 is 15.9 Å². The fourth-order valence-corrected chi connectivity index (χ4v) is 2.43. The molecule has 1 aliphatic carbocycles. The number of carbonyl (C=O) groups is 1. The van der Waals surface area contributed by atoms with Gasteiger partial charge in [-0.05, 0) is 17.3 Å². The van der Waals surface area contributed by atoms with Crippen LogP contribution in [-0.4, -0.2) is 35.2 Å². The van der Waals surface area contributed by atoms with Crippen molar-refractivity contribution in [2.75, 3.05) is 7.11 Å². The van der Waals surface area contributed by atoms with Crippen LogP contribution in [0.1, 0.15) is 20.3 Å². The molecule has 0 spiro atoms. The number of hydrogen-bond donors (Lipinski definition) is 0. The molecule has 0 saturated carbocycles. The first-order valence-corrected chi connectivity index (χ1v) is 6.76. The highest BCUT2D eigenvalue weighted by Crippen LogP contribution is 2.25. The Hall–Kier alpha value is -1.23. The summed E-state index contributed by atoms with van der Waals surface area (Å²) in [5, 5.41) is 4.53. The van der Waals surface area contributed by atoms with E-state index in [-0.39, 0.29) is 17.9 Å². The molecule has 0 radical (unpaired) electrons. The van der Waals surface area contributed by atoms with E-state index in [1.165, 1.54) is 7.11 Å². The van der Waals surface area contributed by atoms with Crippen LogP contribution in [0.4, 0.5) is 0 Å². The van der Waals surface area contributed by atoms with Crippen molar-refractivity contribution in [2.45, 2.75) is 26.3 Å². The topological polar surface area (TPSA) is 41.7 Å². The maximum Gasteiger partial charge on any atom is 0.402 e. The Labute approximate surface area is 115 Å². The van der Waals surface area contributed by atoms with Gasteiger partial charge in [0.2, 0.25) is 0 Å². The quantitative estimate of drug-likeness (QED) is 0.592. The van der Waals surface area contributed by atoms with Crippen LogP contribution in [0.2, 0.25) is 0 Å². The van der Waals surface area contributed by atoms with Crippen molar-refractivity contribution in [3.63, 3.8) is 0 Å². The number of fused-ring (bicyclic) bond motifs is 1. The minimum Gasteiger partial charge on any atom is -0.461 e. The van der Waals surface area contributed by atoms with E-state index in [0.29, 0.717) is 5.71 Å². The Bertz CT molecular complexity index is 503. The monoisotopic (exact) mass is 311 g/mol. The number of esters is 1. The maximum absolute atomic E-state index is 12.0. The molecule has 2 rings (SSSR count). The molecule has 1 unspecified atom stereocenters. The first-order valence-electron chi connectivity index (χ1n) is 5.96. The summed E-state index contributed by atoms with van der Waals surface area (Å²) in [5.41, 5.74) is 1.49. The second kappa shape index (κ2) is 5.18. The lowest BCUT2D eigenvalue weighted by Crippen LogP contribution is -2.33. The van der Waals surface area contributed by atoms with Gasteiger partial charge < -0.3 is 4.74 Å². The van der Waals surface area contributed by atoms with Crippen LogP contribution in [0.15, 0.2) is 27.8 Å². The van der Waals surface area contributed by atoms with Gasteiger partial charge in [-0.15, -0.1) is 0 Å². The summed E-state index contributed by atoms with van der Waals surface area (Å²) < 4.78 is 7.63. The van der Waals surface area contributed by atoms with Crippen LogP contribution in [0, 0.1) is 5.92 Å². The highest BCUT2D eigenvalue weighted by Gasteiger charge is 2.43. The molecule has 0 saturated heterocycles. The summed E-state index contributed by atoms with van der Waals surface area (Å²) >= 11 is 3.43. The van der Waals surface area contributed by atoms with Gasteiger partial charge in [0, 0.05) is 17.8 Å². The molecular weight excluding hydrogens is 296 g/mol. The SMILES string of the molecule is CC[C@@H](C)[N+]1=C(C(=O)OC)C2C=C(Br)C=CC2=N1. The lowest BCUT2D eigenvalue weighted by atomic mass is 9.94. The third-order valence-electron chi connectivity index (χ3n) is 3.23. The molecule has 96 valence electrons. The Morgan fingerprint density at radius 2 is 2.33 bits per heavy atom. The van der Waals surface area contributed by atoms with Gasteiger partial charge in [0.15, 0.2) is 6.04 Å². The molecule has 0 amide bonds. The predicted molar refractivity (Wildman–Crippen MR) is 74.1 cm³/mol. The van der Waals surface area contributed by atoms with Gasteiger partial charge in [0.25, 0.3) is 0 Å². The zero-order chi connectivity index (χ0) is 13.3. The number of halogens is 1. The molecule has 0 N–H and O–H groups in total. The van der Waals surface area contributed by atoms with Crippen molar-refractivity contribution in [2.24, 2.45) is 11.0 Å². The van der Waals surface area contributed by atoms with E-state index < -0.39 is 0 Å². The minimum absolute atomic E-state index is 0.106. The van der Waals surface area contributed by atoms with Gasteiger partial charge in [-0.2, -0.15) is 0 Å². The molecule has 0 aromatic carbocycles. The van der Waals surface area contributed by atoms with Gasteiger partial charge >= 0.3 is 11.7 Å². The summed E-state index contributed by atoms with van der Waals surface area (Å²) in [4.78, 5) is 12.0. The molecule has 1 heterocycles. The number of hydrazone groups is 1. The van der Waals surface area contributed by atoms with E-state index in [1.54, 1.807) is 4.68 Å². The summed E-state index contributed by atoms with van der Waals surface area (Å²) in [6, 6.07) is 0.178. The first-order chi connectivity index (χ1) is 8.58. The highest BCUT2D eigenvalue weighted by molar-refractivity contribution is 9.11. The zero-order valence-corrected chi connectivity index (χ0v) is 12.3. The number of hydrogen-bond acceptors (Lipinski definition) is 3. The number of nitrogens with zero attached hydrogens (tertiary/aromatic N) is 2. The second-order valence-corrected chi connectivity index (χ2v) is 5.28. The molecule has 2 aliphatic rings. The van der Waals surface area contributed by atoms with E-state index in [1.807, 2.05) is 25.2 Å². The molecule has 5 heteroatoms. The fraction of sp³-hybridized carbons (Fsp3) is 0.462. The van der Waals surface area contributed by atoms with Gasteiger partial charge in [-0.3, -0.25) is 0 Å². The van der Waals surface area contributed by atoms with E-state index in [4.69, 9.17) is 4.74 Å². The molecule has 18 heavy (non-hydrogen) atoms. The fourth-order valence-electron chi connectivity index (χ4n) is 2.04. The molecule has 1 aliphatic heterocycles. The summed E-state index contributed by atoms with van der Waals surface area (Å²) in [7, 11) is 1.40. The Kier molecular flexibility index (Phi) is 3.80. The molecular formula is C13H16BrN2O2+. The lowest BCUT2D eigenvalue weighted by Gasteiger charge is -2.08. The van der Waals surface area contributed by atoms with E-state index >= 15 is 0 Å². The summed E-state index contributed by atoms with van der Waals surface area (Å²) in [6.07, 6.45) is 6.76. The van der Waals surface area contributed by atoms with Crippen molar-refractivity contribution < 1.29 is 14.2 Å². The average molecular weight is 312 g/mol. The van der Waals surface area contributed by atoms with Gasteiger partial charge in [0.1, 0.15) is 11.6 Å². The Morgan fingerprint density at radius 1 is 1.61 bits per heavy atom. The van der Waals surface area contributed by atoms with E-state index in [9.17, 15) is 4.79 Å². The van der Waals surface area contributed by atoms with Crippen molar-refractivity contribution >= 4 is 33.3 Å². The van der Waals surface area contributed by atoms with E-state index in [0.717, 1.165) is 16.6 Å². The number of rotatable bonds is 3. The first kappa shape index (κ1) is 13.2. The Balaban J connectivity index is 2.48. The minimum atomic E-state index is -0.314. The predicted octanol–water partition coefficient (Wildman–Crippen LogP) is 2.25. The van der Waals surface area contributed by atoms with Crippen LogP contribution in [0.5, 0.6) is 0 Å². The van der Waals surface area contributed by atoms with Crippen molar-refractivity contribution in [1.29, 1.82) is 0 Å². The molecule has 0 aromatic heterocycles. The van der Waals surface area contributed by atoms with Crippen molar-refractivity contribution in [3.05, 3.63) is 22.7 Å². The Morgan fingerprint density at radius 3 is 2.94 bits per heavy atom. The third-order valence-corrected chi connectivity index (χ3v) is 3.75. The second-order valence-electron chi connectivity index (χ2n) is 4.37. The van der Waals surface area contributed by atoms with Gasteiger partial charge in [-0.1, -0.05) is 33.6 Å². The van der Waals surface area contributed by atoms with Crippen LogP contribution in [0.25, 0.3) is 0 Å². The van der Waals surface area contributed by atoms with E-state index in [2.05, 4.69) is 28.0 Å². The third kappa shape index (κ3) is 2.19. The smallest absolute Gasteiger partial charge is 0.402 e. The molecule has 4 nitrogen and oxygen atoms in total. The highest BCUT2D eigenvalue weighted by atomic mass is 79.9. The number of ether oxygens (including phenoxy) is 1. The van der Waals surface area contributed by atoms with Crippen molar-refractivity contribution in [3.8, 4) is 0 Å². The molecule has 0 fully saturated rings. The summed E-state index contributed by atoms with van der Waals surface area (Å²) in [5.74, 6) is -0.420. The van der Waals surface area contributed by atoms with Crippen LogP contribution < -0.4 is 0 Å². The molecule has 0 aromatic rings. The van der Waals surface area contributed by atoms with Crippen LogP contribution in [-0.2, 0) is 9.53 Å². The van der Waals surface area contributed by atoms with Crippen LogP contribution in [0.3, 0.4) is 0 Å². The largest absolute Gasteiger partial charge is 0.461 e. The number of allylic oxidation sites excluding steroid dienone is 4. The van der Waals surface area contributed by atoms with Crippen molar-refractivity contribution in [1.82, 2.24) is 0 Å². The number of methoxy groups -OCH3 is 1. The van der Waals surface area contributed by atoms with Gasteiger partial charge in [0.05, 0.1) is 7.11 Å².